The van der Waals surface area contributed by atoms with Crippen LogP contribution in [0.5, 0.6) is 5.88 Å². The van der Waals surface area contributed by atoms with Gasteiger partial charge in [0, 0.05) is 41.7 Å². The van der Waals surface area contributed by atoms with Crippen molar-refractivity contribution in [3.05, 3.63) is 42.4 Å². The maximum absolute atomic E-state index is 11.7. The molecule has 7 nitrogen and oxygen atoms in total. The number of aromatic nitrogens is 4. The second-order valence-electron chi connectivity index (χ2n) is 8.91. The molecular weight excluding hydrogens is 390 g/mol. The lowest BCUT2D eigenvalue weighted by atomic mass is 10.0. The van der Waals surface area contributed by atoms with Crippen LogP contribution in [0.25, 0.3) is 33.2 Å². The monoisotopic (exact) mass is 415 g/mol. The first kappa shape index (κ1) is 18.4. The third kappa shape index (κ3) is 3.24. The van der Waals surface area contributed by atoms with E-state index in [-0.39, 0.29) is 17.9 Å². The zero-order valence-corrected chi connectivity index (χ0v) is 17.7. The molecule has 158 valence electrons. The lowest BCUT2D eigenvalue weighted by Gasteiger charge is -2.20. The second kappa shape index (κ2) is 6.83. The van der Waals surface area contributed by atoms with Gasteiger partial charge in [-0.3, -0.25) is 4.79 Å². The summed E-state index contributed by atoms with van der Waals surface area (Å²) in [6.07, 6.45) is 4.59. The Balaban J connectivity index is 1.44. The molecule has 1 aromatic carbocycles. The molecule has 0 spiro atoms. The van der Waals surface area contributed by atoms with E-state index in [0.29, 0.717) is 24.9 Å². The second-order valence-corrected chi connectivity index (χ2v) is 8.91. The minimum absolute atomic E-state index is 0.0878. The van der Waals surface area contributed by atoms with Crippen molar-refractivity contribution in [2.45, 2.75) is 45.3 Å². The van der Waals surface area contributed by atoms with Crippen LogP contribution in [-0.4, -0.2) is 38.1 Å². The highest BCUT2D eigenvalue weighted by atomic mass is 16.5. The molecule has 3 aromatic heterocycles. The summed E-state index contributed by atoms with van der Waals surface area (Å²) < 4.78 is 8.62. The summed E-state index contributed by atoms with van der Waals surface area (Å²) >= 11 is 0. The molecule has 31 heavy (non-hydrogen) atoms. The molecule has 7 heteroatoms. The van der Waals surface area contributed by atoms with Crippen LogP contribution in [0.2, 0.25) is 0 Å². The minimum atomic E-state index is -0.124. The number of hydrogen-bond donors (Lipinski definition) is 2. The van der Waals surface area contributed by atoms with Crippen molar-refractivity contribution in [1.82, 2.24) is 24.8 Å². The van der Waals surface area contributed by atoms with E-state index in [9.17, 15) is 4.79 Å². The van der Waals surface area contributed by atoms with Gasteiger partial charge >= 0.3 is 0 Å². The summed E-state index contributed by atoms with van der Waals surface area (Å²) in [5.41, 5.74) is 5.93. The van der Waals surface area contributed by atoms with E-state index in [1.165, 1.54) is 5.39 Å². The number of nitrogens with zero attached hydrogens (tertiary/aromatic N) is 3. The predicted octanol–water partition coefficient (Wildman–Crippen LogP) is 4.13. The lowest BCUT2D eigenvalue weighted by Crippen LogP contribution is -2.26. The van der Waals surface area contributed by atoms with E-state index >= 15 is 0 Å². The molecule has 0 unspecified atom stereocenters. The summed E-state index contributed by atoms with van der Waals surface area (Å²) in [7, 11) is 0. The number of carbonyl (C=O) groups excluding carboxylic acids is 1. The average molecular weight is 415 g/mol. The van der Waals surface area contributed by atoms with Crippen LogP contribution in [0.3, 0.4) is 0 Å². The van der Waals surface area contributed by atoms with Gasteiger partial charge in [0.15, 0.2) is 0 Å². The quantitative estimate of drug-likeness (QED) is 0.513. The van der Waals surface area contributed by atoms with Gasteiger partial charge in [-0.1, -0.05) is 12.1 Å². The number of hydrogen-bond acceptors (Lipinski definition) is 4. The van der Waals surface area contributed by atoms with E-state index in [0.717, 1.165) is 46.3 Å². The van der Waals surface area contributed by atoms with E-state index in [2.05, 4.69) is 51.0 Å². The Morgan fingerprint density at radius 2 is 2.10 bits per heavy atom. The standard InChI is InChI=1S/C24H25N5O2/c1-13-7-15-3-4-16(8-19(15)27-13)20-10-21-23(29(12-26-21)18-5-6-18)24(28-20)31-14(2)17-9-22(30)25-11-17/h3-4,7-8,10,12,14,17-18,27H,5-6,9,11H2,1-2H3,(H,25,30)/t14-,17-/m1/s1. The van der Waals surface area contributed by atoms with Gasteiger partial charge < -0.3 is 19.6 Å². The number of aryl methyl sites for hydroxylation is 1. The third-order valence-electron chi connectivity index (χ3n) is 6.48. The van der Waals surface area contributed by atoms with Crippen LogP contribution in [0, 0.1) is 12.8 Å². The van der Waals surface area contributed by atoms with E-state index in [1.54, 1.807) is 0 Å². The molecule has 1 aliphatic heterocycles. The Bertz CT molecular complexity index is 1320. The van der Waals surface area contributed by atoms with E-state index < -0.39 is 0 Å². The van der Waals surface area contributed by atoms with Gasteiger partial charge in [0.1, 0.15) is 11.6 Å². The maximum Gasteiger partial charge on any atom is 0.241 e. The molecule has 1 aliphatic carbocycles. The van der Waals surface area contributed by atoms with Crippen LogP contribution in [0.4, 0.5) is 0 Å². The Morgan fingerprint density at radius 1 is 1.23 bits per heavy atom. The molecule has 1 saturated heterocycles. The van der Waals surface area contributed by atoms with Gasteiger partial charge in [-0.25, -0.2) is 9.97 Å². The maximum atomic E-state index is 11.7. The lowest BCUT2D eigenvalue weighted by molar-refractivity contribution is -0.119. The number of rotatable bonds is 5. The van der Waals surface area contributed by atoms with Crippen molar-refractivity contribution in [1.29, 1.82) is 0 Å². The summed E-state index contributed by atoms with van der Waals surface area (Å²) in [6, 6.07) is 11.0. The Morgan fingerprint density at radius 3 is 2.87 bits per heavy atom. The van der Waals surface area contributed by atoms with Gasteiger partial charge in [-0.05, 0) is 50.3 Å². The zero-order chi connectivity index (χ0) is 21.1. The molecule has 2 aliphatic rings. The van der Waals surface area contributed by atoms with Gasteiger partial charge in [-0.2, -0.15) is 0 Å². The topological polar surface area (TPSA) is 84.8 Å². The number of ether oxygens (including phenoxy) is 1. The van der Waals surface area contributed by atoms with Gasteiger partial charge in [0.05, 0.1) is 17.5 Å². The molecule has 6 rings (SSSR count). The summed E-state index contributed by atoms with van der Waals surface area (Å²) in [4.78, 5) is 24.7. The fourth-order valence-electron chi connectivity index (χ4n) is 4.55. The van der Waals surface area contributed by atoms with Crippen molar-refractivity contribution in [2.24, 2.45) is 5.92 Å². The predicted molar refractivity (Wildman–Crippen MR) is 119 cm³/mol. The Hall–Kier alpha value is -3.35. The first-order chi connectivity index (χ1) is 15.0. The highest BCUT2D eigenvalue weighted by Crippen LogP contribution is 2.40. The van der Waals surface area contributed by atoms with E-state index in [1.807, 2.05) is 19.3 Å². The number of H-pyrrole nitrogens is 1. The minimum Gasteiger partial charge on any atom is -0.473 e. The molecule has 0 bridgehead atoms. The van der Waals surface area contributed by atoms with Crippen molar-refractivity contribution in [3.63, 3.8) is 0 Å². The van der Waals surface area contributed by atoms with E-state index in [4.69, 9.17) is 9.72 Å². The molecule has 2 atom stereocenters. The highest BCUT2D eigenvalue weighted by Gasteiger charge is 2.31. The summed E-state index contributed by atoms with van der Waals surface area (Å²) in [5, 5.41) is 4.09. The molecule has 1 amide bonds. The van der Waals surface area contributed by atoms with Gasteiger partial charge in [-0.15, -0.1) is 0 Å². The summed E-state index contributed by atoms with van der Waals surface area (Å²) in [6.45, 7) is 4.73. The number of carbonyl (C=O) groups is 1. The number of fused-ring (bicyclic) bond motifs is 2. The highest BCUT2D eigenvalue weighted by molar-refractivity contribution is 5.88. The fraction of sp³-hybridized carbons (Fsp3) is 0.375. The number of aromatic amines is 1. The number of pyridine rings is 1. The number of nitrogens with one attached hydrogen (secondary N) is 2. The van der Waals surface area contributed by atoms with Gasteiger partial charge in [0.25, 0.3) is 0 Å². The summed E-state index contributed by atoms with van der Waals surface area (Å²) in [5.74, 6) is 0.833. The van der Waals surface area contributed by atoms with Crippen LogP contribution in [0.1, 0.15) is 37.9 Å². The molecule has 2 fully saturated rings. The molecule has 4 heterocycles. The fourth-order valence-corrected chi connectivity index (χ4v) is 4.55. The molecule has 4 aromatic rings. The molecule has 1 saturated carbocycles. The Kier molecular flexibility index (Phi) is 4.06. The third-order valence-corrected chi connectivity index (χ3v) is 6.48. The van der Waals surface area contributed by atoms with Crippen molar-refractivity contribution < 1.29 is 9.53 Å². The largest absolute Gasteiger partial charge is 0.473 e. The van der Waals surface area contributed by atoms with Crippen LogP contribution < -0.4 is 10.1 Å². The van der Waals surface area contributed by atoms with Crippen LogP contribution in [-0.2, 0) is 4.79 Å². The van der Waals surface area contributed by atoms with Crippen LogP contribution in [0.15, 0.2) is 36.7 Å². The number of imidazole rings is 1. The van der Waals surface area contributed by atoms with Gasteiger partial charge in [0.2, 0.25) is 11.8 Å². The molecule has 2 N–H and O–H groups in total. The Labute approximate surface area is 179 Å². The number of benzene rings is 1. The first-order valence-electron chi connectivity index (χ1n) is 11.0. The normalized spacial score (nSPS) is 19.8. The van der Waals surface area contributed by atoms with Crippen molar-refractivity contribution >= 4 is 27.8 Å². The zero-order valence-electron chi connectivity index (χ0n) is 17.7. The molecular formula is C24H25N5O2. The van der Waals surface area contributed by atoms with Crippen LogP contribution >= 0.6 is 0 Å². The molecule has 0 radical (unpaired) electrons. The first-order valence-corrected chi connectivity index (χ1v) is 11.0. The average Bonchev–Trinajstić information content (AvgIpc) is 3.17. The SMILES string of the molecule is Cc1cc2ccc(-c3cc4ncn(C5CC5)c4c(O[C@H](C)[C@H]4CNC(=O)C4)n3)cc2[nH]1. The van der Waals surface area contributed by atoms with Crippen molar-refractivity contribution in [2.75, 3.05) is 6.54 Å². The smallest absolute Gasteiger partial charge is 0.241 e. The van der Waals surface area contributed by atoms with Crippen molar-refractivity contribution in [3.8, 4) is 17.1 Å². The number of amides is 1.